The first-order valence-electron chi connectivity index (χ1n) is 7.80. The van der Waals surface area contributed by atoms with Gasteiger partial charge < -0.3 is 5.32 Å². The van der Waals surface area contributed by atoms with Crippen LogP contribution >= 0.6 is 11.6 Å². The third-order valence-electron chi connectivity index (χ3n) is 4.47. The fraction of sp³-hybridized carbons (Fsp3) is 0.647. The van der Waals surface area contributed by atoms with Crippen molar-refractivity contribution >= 4 is 11.6 Å². The van der Waals surface area contributed by atoms with E-state index in [1.54, 1.807) is 12.1 Å². The highest BCUT2D eigenvalue weighted by atomic mass is 35.5. The lowest BCUT2D eigenvalue weighted by Crippen LogP contribution is -2.30. The van der Waals surface area contributed by atoms with Crippen LogP contribution in [0.5, 0.6) is 0 Å². The molecule has 1 N–H and O–H groups in total. The second kappa shape index (κ2) is 7.99. The molecule has 112 valence electrons. The Hall–Kier alpha value is -0.600. The smallest absolute Gasteiger partial charge is 0.126 e. The van der Waals surface area contributed by atoms with Gasteiger partial charge in [0.05, 0.1) is 0 Å². The van der Waals surface area contributed by atoms with Gasteiger partial charge in [-0.2, -0.15) is 0 Å². The molecule has 0 aliphatic heterocycles. The van der Waals surface area contributed by atoms with Crippen molar-refractivity contribution in [3.63, 3.8) is 0 Å². The predicted octanol–water partition coefficient (Wildman–Crippen LogP) is 4.97. The highest BCUT2D eigenvalue weighted by Gasteiger charge is 2.18. The van der Waals surface area contributed by atoms with Gasteiger partial charge in [0.25, 0.3) is 0 Å². The molecule has 0 aromatic heterocycles. The van der Waals surface area contributed by atoms with Crippen LogP contribution in [-0.2, 0) is 6.42 Å². The monoisotopic (exact) mass is 297 g/mol. The number of hydrogen-bond donors (Lipinski definition) is 1. The first kappa shape index (κ1) is 15.8. The zero-order chi connectivity index (χ0) is 14.4. The molecule has 1 aliphatic carbocycles. The minimum atomic E-state index is -0.143. The topological polar surface area (TPSA) is 12.0 Å². The molecule has 1 fully saturated rings. The van der Waals surface area contributed by atoms with E-state index in [4.69, 9.17) is 11.6 Å². The minimum absolute atomic E-state index is 0.143. The summed E-state index contributed by atoms with van der Waals surface area (Å²) in [5.41, 5.74) is 0.727. The van der Waals surface area contributed by atoms with Gasteiger partial charge in [0.1, 0.15) is 5.82 Å². The van der Waals surface area contributed by atoms with Crippen LogP contribution in [0.2, 0.25) is 5.02 Å². The molecule has 1 saturated carbocycles. The summed E-state index contributed by atoms with van der Waals surface area (Å²) in [5.74, 6) is 0.646. The molecule has 0 saturated heterocycles. The van der Waals surface area contributed by atoms with Crippen molar-refractivity contribution in [2.75, 3.05) is 7.05 Å². The van der Waals surface area contributed by atoms with Gasteiger partial charge in [0, 0.05) is 11.1 Å². The molecule has 3 heteroatoms. The molecule has 1 aromatic carbocycles. The molecular formula is C17H25ClFN. The Bertz CT molecular complexity index is 413. The quantitative estimate of drug-likeness (QED) is 0.757. The third kappa shape index (κ3) is 4.75. The van der Waals surface area contributed by atoms with Gasteiger partial charge in [0.15, 0.2) is 0 Å². The van der Waals surface area contributed by atoms with Gasteiger partial charge in [-0.1, -0.05) is 50.1 Å². The lowest BCUT2D eigenvalue weighted by Gasteiger charge is -2.22. The summed E-state index contributed by atoms with van der Waals surface area (Å²) in [4.78, 5) is 0. The first-order valence-corrected chi connectivity index (χ1v) is 8.18. The number of benzene rings is 1. The minimum Gasteiger partial charge on any atom is -0.317 e. The van der Waals surface area contributed by atoms with Crippen molar-refractivity contribution < 1.29 is 4.39 Å². The largest absolute Gasteiger partial charge is 0.317 e. The van der Waals surface area contributed by atoms with Crippen molar-refractivity contribution in [2.24, 2.45) is 5.92 Å². The van der Waals surface area contributed by atoms with Gasteiger partial charge in [-0.3, -0.25) is 0 Å². The van der Waals surface area contributed by atoms with Crippen LogP contribution in [0.3, 0.4) is 0 Å². The molecular weight excluding hydrogens is 273 g/mol. The molecule has 20 heavy (non-hydrogen) atoms. The van der Waals surface area contributed by atoms with E-state index in [-0.39, 0.29) is 5.82 Å². The van der Waals surface area contributed by atoms with Crippen LogP contribution in [0, 0.1) is 11.7 Å². The summed E-state index contributed by atoms with van der Waals surface area (Å²) in [6.45, 7) is 0. The fourth-order valence-electron chi connectivity index (χ4n) is 3.27. The van der Waals surface area contributed by atoms with E-state index in [9.17, 15) is 4.39 Å². The zero-order valence-corrected chi connectivity index (χ0v) is 13.1. The number of hydrogen-bond acceptors (Lipinski definition) is 1. The maximum atomic E-state index is 13.8. The SMILES string of the molecule is CNC(Cc1cc(Cl)ccc1F)CC1CCCCCC1. The van der Waals surface area contributed by atoms with Crippen molar-refractivity contribution in [2.45, 2.75) is 57.4 Å². The standard InChI is InChI=1S/C17H25ClFN/c1-20-16(10-13-6-4-2-3-5-7-13)12-14-11-15(18)8-9-17(14)19/h8-9,11,13,16,20H,2-7,10,12H2,1H3. The molecule has 0 heterocycles. The van der Waals surface area contributed by atoms with Gasteiger partial charge >= 0.3 is 0 Å². The summed E-state index contributed by atoms with van der Waals surface area (Å²) < 4.78 is 13.8. The van der Waals surface area contributed by atoms with Crippen LogP contribution < -0.4 is 5.32 Å². The van der Waals surface area contributed by atoms with Crippen LogP contribution in [0.1, 0.15) is 50.5 Å². The van der Waals surface area contributed by atoms with Crippen LogP contribution in [0.25, 0.3) is 0 Å². The van der Waals surface area contributed by atoms with Gasteiger partial charge in [-0.05, 0) is 49.6 Å². The molecule has 0 bridgehead atoms. The number of halogens is 2. The Labute approximate surface area is 126 Å². The van der Waals surface area contributed by atoms with E-state index < -0.39 is 0 Å². The predicted molar refractivity (Wildman–Crippen MR) is 83.8 cm³/mol. The Kier molecular flexibility index (Phi) is 6.31. The van der Waals surface area contributed by atoms with Crippen molar-refractivity contribution in [3.8, 4) is 0 Å². The normalized spacial score (nSPS) is 18.8. The molecule has 1 nitrogen and oxygen atoms in total. The van der Waals surface area contributed by atoms with E-state index in [0.717, 1.165) is 24.3 Å². The summed E-state index contributed by atoms with van der Waals surface area (Å²) in [6, 6.07) is 5.18. The second-order valence-electron chi connectivity index (χ2n) is 6.02. The maximum absolute atomic E-state index is 13.8. The number of rotatable bonds is 5. The maximum Gasteiger partial charge on any atom is 0.126 e. The van der Waals surface area contributed by atoms with E-state index in [0.29, 0.717) is 11.1 Å². The number of nitrogens with one attached hydrogen (secondary N) is 1. The Morgan fingerprint density at radius 1 is 1.25 bits per heavy atom. The molecule has 1 aliphatic rings. The highest BCUT2D eigenvalue weighted by molar-refractivity contribution is 6.30. The first-order chi connectivity index (χ1) is 9.69. The Balaban J connectivity index is 1.95. The molecule has 1 atom stereocenters. The summed E-state index contributed by atoms with van der Waals surface area (Å²) >= 11 is 5.97. The number of likely N-dealkylation sites (N-methyl/N-ethyl adjacent to an activating group) is 1. The molecule has 0 amide bonds. The van der Waals surface area contributed by atoms with Gasteiger partial charge in [-0.15, -0.1) is 0 Å². The zero-order valence-electron chi connectivity index (χ0n) is 12.3. The average Bonchev–Trinajstić information content (AvgIpc) is 2.70. The van der Waals surface area contributed by atoms with Crippen molar-refractivity contribution in [1.82, 2.24) is 5.32 Å². The lowest BCUT2D eigenvalue weighted by molar-refractivity contribution is 0.359. The fourth-order valence-corrected chi connectivity index (χ4v) is 3.47. The van der Waals surface area contributed by atoms with E-state index >= 15 is 0 Å². The van der Waals surface area contributed by atoms with E-state index in [1.165, 1.54) is 44.6 Å². The second-order valence-corrected chi connectivity index (χ2v) is 6.46. The summed E-state index contributed by atoms with van der Waals surface area (Å²) in [7, 11) is 1.98. The Morgan fingerprint density at radius 3 is 2.60 bits per heavy atom. The Morgan fingerprint density at radius 2 is 1.95 bits per heavy atom. The van der Waals surface area contributed by atoms with E-state index in [1.807, 2.05) is 7.05 Å². The van der Waals surface area contributed by atoms with Gasteiger partial charge in [-0.25, -0.2) is 4.39 Å². The third-order valence-corrected chi connectivity index (χ3v) is 4.71. The van der Waals surface area contributed by atoms with Gasteiger partial charge in [0.2, 0.25) is 0 Å². The van der Waals surface area contributed by atoms with Crippen molar-refractivity contribution in [1.29, 1.82) is 0 Å². The highest BCUT2D eigenvalue weighted by Crippen LogP contribution is 2.27. The average molecular weight is 298 g/mol. The van der Waals surface area contributed by atoms with Crippen LogP contribution in [0.15, 0.2) is 18.2 Å². The summed E-state index contributed by atoms with van der Waals surface area (Å²) in [5, 5.41) is 3.97. The van der Waals surface area contributed by atoms with E-state index in [2.05, 4.69) is 5.32 Å². The molecule has 0 spiro atoms. The lowest BCUT2D eigenvalue weighted by atomic mass is 9.90. The van der Waals surface area contributed by atoms with Crippen molar-refractivity contribution in [3.05, 3.63) is 34.6 Å². The van der Waals surface area contributed by atoms with Crippen LogP contribution in [-0.4, -0.2) is 13.1 Å². The summed E-state index contributed by atoms with van der Waals surface area (Å²) in [6.07, 6.45) is 9.99. The van der Waals surface area contributed by atoms with Crippen LogP contribution in [0.4, 0.5) is 4.39 Å². The molecule has 1 unspecified atom stereocenters. The molecule has 0 radical (unpaired) electrons. The molecule has 2 rings (SSSR count). The molecule has 1 aromatic rings.